The summed E-state index contributed by atoms with van der Waals surface area (Å²) in [4.78, 5) is 0. The summed E-state index contributed by atoms with van der Waals surface area (Å²) in [6, 6.07) is 20.4. The van der Waals surface area contributed by atoms with E-state index in [1.54, 1.807) is 0 Å². The van der Waals surface area contributed by atoms with E-state index in [1.807, 2.05) is 36.4 Å². The number of nitrogens with two attached hydrogens (primary N) is 1. The van der Waals surface area contributed by atoms with Gasteiger partial charge in [0.25, 0.3) is 0 Å². The lowest BCUT2D eigenvalue weighted by atomic mass is 10.00. The second kappa shape index (κ2) is 4.73. The van der Waals surface area contributed by atoms with E-state index in [-0.39, 0.29) is 6.04 Å². The molecule has 0 atom stereocenters. The molecule has 0 saturated heterocycles. The van der Waals surface area contributed by atoms with Crippen molar-refractivity contribution in [3.05, 3.63) is 71.8 Å². The summed E-state index contributed by atoms with van der Waals surface area (Å²) in [5, 5.41) is 0. The summed E-state index contributed by atoms with van der Waals surface area (Å²) >= 11 is 0. The molecule has 2 rings (SSSR count). The van der Waals surface area contributed by atoms with Gasteiger partial charge in [0.2, 0.25) is 0 Å². The third kappa shape index (κ3) is 2.24. The number of benzene rings is 2. The van der Waals surface area contributed by atoms with Crippen molar-refractivity contribution in [1.29, 1.82) is 0 Å². The molecular formula is C13H14N2. The molecule has 0 bridgehead atoms. The van der Waals surface area contributed by atoms with Crippen LogP contribution in [0, 0.1) is 0 Å². The van der Waals surface area contributed by atoms with Crippen molar-refractivity contribution in [3.8, 4) is 0 Å². The van der Waals surface area contributed by atoms with E-state index in [1.165, 1.54) is 11.1 Å². The van der Waals surface area contributed by atoms with Crippen molar-refractivity contribution in [2.24, 2.45) is 5.84 Å². The summed E-state index contributed by atoms with van der Waals surface area (Å²) in [5.41, 5.74) is 5.18. The van der Waals surface area contributed by atoms with Gasteiger partial charge in [-0.3, -0.25) is 5.84 Å². The van der Waals surface area contributed by atoms with Crippen LogP contribution in [-0.4, -0.2) is 0 Å². The second-order valence-electron chi connectivity index (χ2n) is 3.42. The zero-order chi connectivity index (χ0) is 10.5. The first kappa shape index (κ1) is 9.90. The average molecular weight is 198 g/mol. The highest BCUT2D eigenvalue weighted by Crippen LogP contribution is 2.20. The smallest absolute Gasteiger partial charge is 0.0710 e. The Morgan fingerprint density at radius 2 is 1.13 bits per heavy atom. The lowest BCUT2D eigenvalue weighted by Gasteiger charge is -2.16. The maximum Gasteiger partial charge on any atom is 0.0710 e. The second-order valence-corrected chi connectivity index (χ2v) is 3.42. The molecule has 2 aromatic rings. The zero-order valence-corrected chi connectivity index (χ0v) is 8.43. The van der Waals surface area contributed by atoms with Crippen molar-refractivity contribution >= 4 is 0 Å². The van der Waals surface area contributed by atoms with Crippen LogP contribution in [0.2, 0.25) is 0 Å². The molecule has 2 heteroatoms. The molecule has 0 saturated carbocycles. The molecule has 0 heterocycles. The third-order valence-corrected chi connectivity index (χ3v) is 2.43. The Labute approximate surface area is 89.7 Å². The van der Waals surface area contributed by atoms with E-state index < -0.39 is 0 Å². The van der Waals surface area contributed by atoms with E-state index in [2.05, 4.69) is 29.7 Å². The van der Waals surface area contributed by atoms with Crippen LogP contribution in [0.25, 0.3) is 0 Å². The van der Waals surface area contributed by atoms with Crippen molar-refractivity contribution in [2.75, 3.05) is 0 Å². The van der Waals surface area contributed by atoms with Gasteiger partial charge in [-0.2, -0.15) is 0 Å². The molecule has 0 fully saturated rings. The topological polar surface area (TPSA) is 38.0 Å². The molecular weight excluding hydrogens is 184 g/mol. The lowest BCUT2D eigenvalue weighted by molar-refractivity contribution is 0.637. The summed E-state index contributed by atoms with van der Waals surface area (Å²) in [6.07, 6.45) is 0. The molecule has 0 amide bonds. The highest BCUT2D eigenvalue weighted by Gasteiger charge is 2.10. The van der Waals surface area contributed by atoms with Crippen LogP contribution in [0.4, 0.5) is 0 Å². The highest BCUT2D eigenvalue weighted by atomic mass is 15.2. The largest absolute Gasteiger partial charge is 0.271 e. The van der Waals surface area contributed by atoms with E-state index in [9.17, 15) is 0 Å². The van der Waals surface area contributed by atoms with Gasteiger partial charge in [0.1, 0.15) is 0 Å². The third-order valence-electron chi connectivity index (χ3n) is 2.43. The molecule has 2 nitrogen and oxygen atoms in total. The van der Waals surface area contributed by atoms with Gasteiger partial charge in [-0.15, -0.1) is 0 Å². The molecule has 0 aliphatic rings. The first-order chi connectivity index (χ1) is 7.42. The first-order valence-electron chi connectivity index (χ1n) is 4.98. The van der Waals surface area contributed by atoms with Crippen LogP contribution < -0.4 is 11.3 Å². The van der Waals surface area contributed by atoms with Crippen molar-refractivity contribution < 1.29 is 0 Å². The van der Waals surface area contributed by atoms with Gasteiger partial charge in [0.05, 0.1) is 6.04 Å². The van der Waals surface area contributed by atoms with E-state index in [4.69, 9.17) is 5.84 Å². The fourth-order valence-corrected chi connectivity index (χ4v) is 1.68. The molecule has 2 aromatic carbocycles. The molecule has 0 unspecified atom stereocenters. The summed E-state index contributed by atoms with van der Waals surface area (Å²) in [5.74, 6) is 5.59. The SMILES string of the molecule is NNC(c1ccccc1)c1ccccc1. The van der Waals surface area contributed by atoms with E-state index in [0.29, 0.717) is 0 Å². The zero-order valence-electron chi connectivity index (χ0n) is 8.43. The minimum Gasteiger partial charge on any atom is -0.271 e. The normalized spacial score (nSPS) is 10.5. The number of hydrogen-bond donors (Lipinski definition) is 2. The predicted octanol–water partition coefficient (Wildman–Crippen LogP) is 2.24. The van der Waals surface area contributed by atoms with Crippen LogP contribution in [0.1, 0.15) is 17.2 Å². The predicted molar refractivity (Wildman–Crippen MR) is 62.1 cm³/mol. The standard InChI is InChI=1S/C13H14N2/c14-15-13(11-7-3-1-4-8-11)12-9-5-2-6-10-12/h1-10,13,15H,14H2. The van der Waals surface area contributed by atoms with Gasteiger partial charge in [0, 0.05) is 0 Å². The molecule has 0 aromatic heterocycles. The van der Waals surface area contributed by atoms with Crippen molar-refractivity contribution in [1.82, 2.24) is 5.43 Å². The number of nitrogens with one attached hydrogen (secondary N) is 1. The van der Waals surface area contributed by atoms with E-state index in [0.717, 1.165) is 0 Å². The van der Waals surface area contributed by atoms with Gasteiger partial charge in [-0.1, -0.05) is 60.7 Å². The molecule has 15 heavy (non-hydrogen) atoms. The Morgan fingerprint density at radius 3 is 1.47 bits per heavy atom. The molecule has 0 spiro atoms. The highest BCUT2D eigenvalue weighted by molar-refractivity contribution is 5.31. The Balaban J connectivity index is 2.34. The van der Waals surface area contributed by atoms with Gasteiger partial charge in [-0.05, 0) is 11.1 Å². The van der Waals surface area contributed by atoms with Gasteiger partial charge in [0.15, 0.2) is 0 Å². The quantitative estimate of drug-likeness (QED) is 0.586. The van der Waals surface area contributed by atoms with Crippen LogP contribution in [0.15, 0.2) is 60.7 Å². The summed E-state index contributed by atoms with van der Waals surface area (Å²) < 4.78 is 0. The number of rotatable bonds is 3. The molecule has 0 aliphatic carbocycles. The Kier molecular flexibility index (Phi) is 3.12. The fraction of sp³-hybridized carbons (Fsp3) is 0.0769. The Hall–Kier alpha value is -1.64. The fourth-order valence-electron chi connectivity index (χ4n) is 1.68. The molecule has 0 aliphatic heterocycles. The summed E-state index contributed by atoms with van der Waals surface area (Å²) in [6.45, 7) is 0. The number of hydrazine groups is 1. The van der Waals surface area contributed by atoms with Crippen molar-refractivity contribution in [3.63, 3.8) is 0 Å². The summed E-state index contributed by atoms with van der Waals surface area (Å²) in [7, 11) is 0. The van der Waals surface area contributed by atoms with Crippen LogP contribution in [0.3, 0.4) is 0 Å². The molecule has 76 valence electrons. The Bertz CT molecular complexity index is 358. The maximum atomic E-state index is 5.59. The van der Waals surface area contributed by atoms with Crippen LogP contribution >= 0.6 is 0 Å². The monoisotopic (exact) mass is 198 g/mol. The van der Waals surface area contributed by atoms with Crippen LogP contribution in [-0.2, 0) is 0 Å². The first-order valence-corrected chi connectivity index (χ1v) is 4.98. The number of hydrogen-bond acceptors (Lipinski definition) is 2. The minimum atomic E-state index is 0.0624. The van der Waals surface area contributed by atoms with Gasteiger partial charge >= 0.3 is 0 Å². The van der Waals surface area contributed by atoms with Gasteiger partial charge in [-0.25, -0.2) is 5.43 Å². The molecule has 3 N–H and O–H groups in total. The van der Waals surface area contributed by atoms with Crippen LogP contribution in [0.5, 0.6) is 0 Å². The van der Waals surface area contributed by atoms with Gasteiger partial charge < -0.3 is 0 Å². The minimum absolute atomic E-state index is 0.0624. The maximum absolute atomic E-state index is 5.59. The average Bonchev–Trinajstić information content (AvgIpc) is 2.33. The van der Waals surface area contributed by atoms with Crippen molar-refractivity contribution in [2.45, 2.75) is 6.04 Å². The Morgan fingerprint density at radius 1 is 0.733 bits per heavy atom. The van der Waals surface area contributed by atoms with E-state index >= 15 is 0 Å². The molecule has 0 radical (unpaired) electrons. The lowest BCUT2D eigenvalue weighted by Crippen LogP contribution is -2.28.